The Balaban J connectivity index is 2.75. The average Bonchev–Trinajstić information content (AvgIpc) is 2.12. The second-order valence-electron chi connectivity index (χ2n) is 3.79. The normalized spacial score (nSPS) is 12.9. The lowest BCUT2D eigenvalue weighted by molar-refractivity contribution is 0.180. The van der Waals surface area contributed by atoms with E-state index in [0.29, 0.717) is 6.61 Å². The van der Waals surface area contributed by atoms with E-state index in [4.69, 9.17) is 10.5 Å². The highest BCUT2D eigenvalue weighted by Crippen LogP contribution is 2.14. The van der Waals surface area contributed by atoms with Gasteiger partial charge in [0.05, 0.1) is 6.61 Å². The molecule has 0 fully saturated rings. The number of rotatable bonds is 4. The molecule has 2 nitrogen and oxygen atoms in total. The van der Waals surface area contributed by atoms with Gasteiger partial charge in [0.2, 0.25) is 0 Å². The Bertz CT molecular complexity index is 276. The maximum Gasteiger partial charge on any atom is 0.0616 e. The summed E-state index contributed by atoms with van der Waals surface area (Å²) in [4.78, 5) is 0. The highest BCUT2D eigenvalue weighted by molar-refractivity contribution is 5.34. The number of nitrogens with two attached hydrogens (primary N) is 1. The molecule has 0 saturated heterocycles. The third-order valence-electron chi connectivity index (χ3n) is 2.49. The van der Waals surface area contributed by atoms with Gasteiger partial charge in [-0.05, 0) is 37.0 Å². The van der Waals surface area contributed by atoms with E-state index in [1.807, 2.05) is 0 Å². The van der Waals surface area contributed by atoms with Crippen LogP contribution < -0.4 is 5.73 Å². The van der Waals surface area contributed by atoms with E-state index in [0.717, 1.165) is 6.42 Å². The van der Waals surface area contributed by atoms with Crippen LogP contribution in [0.2, 0.25) is 0 Å². The molecule has 0 aliphatic heterocycles. The highest BCUT2D eigenvalue weighted by atomic mass is 16.5. The Labute approximate surface area is 86.1 Å². The van der Waals surface area contributed by atoms with E-state index in [1.165, 1.54) is 16.7 Å². The van der Waals surface area contributed by atoms with Gasteiger partial charge in [-0.2, -0.15) is 0 Å². The summed E-state index contributed by atoms with van der Waals surface area (Å²) >= 11 is 0. The van der Waals surface area contributed by atoms with E-state index < -0.39 is 0 Å². The number of aryl methyl sites for hydroxylation is 2. The van der Waals surface area contributed by atoms with Crippen LogP contribution in [0.5, 0.6) is 0 Å². The molecule has 0 radical (unpaired) electrons. The minimum absolute atomic E-state index is 0.0970. The molecule has 2 N–H and O–H groups in total. The first-order chi connectivity index (χ1) is 6.65. The molecule has 0 aliphatic rings. The number of benzene rings is 1. The van der Waals surface area contributed by atoms with Crippen molar-refractivity contribution in [2.45, 2.75) is 26.3 Å². The fourth-order valence-electron chi connectivity index (χ4n) is 1.71. The predicted molar refractivity (Wildman–Crippen MR) is 59.5 cm³/mol. The SMILES string of the molecule is COCC(N)Cc1c(C)cccc1C. The van der Waals surface area contributed by atoms with Gasteiger partial charge in [-0.3, -0.25) is 0 Å². The predicted octanol–water partition coefficient (Wildman–Crippen LogP) is 1.82. The summed E-state index contributed by atoms with van der Waals surface area (Å²) < 4.78 is 5.03. The molecule has 0 saturated carbocycles. The lowest BCUT2D eigenvalue weighted by Gasteiger charge is -2.14. The van der Waals surface area contributed by atoms with E-state index in [9.17, 15) is 0 Å². The standard InChI is InChI=1S/C12H19NO/c1-9-5-4-6-10(2)12(9)7-11(13)8-14-3/h4-6,11H,7-8,13H2,1-3H3. The van der Waals surface area contributed by atoms with E-state index >= 15 is 0 Å². The van der Waals surface area contributed by atoms with Crippen molar-refractivity contribution < 1.29 is 4.74 Å². The first kappa shape index (κ1) is 11.2. The monoisotopic (exact) mass is 193 g/mol. The Morgan fingerprint density at radius 3 is 2.36 bits per heavy atom. The van der Waals surface area contributed by atoms with Crippen molar-refractivity contribution in [3.8, 4) is 0 Å². The molecule has 0 amide bonds. The molecule has 1 aromatic carbocycles. The number of ether oxygens (including phenoxy) is 1. The van der Waals surface area contributed by atoms with Crippen LogP contribution in [-0.2, 0) is 11.2 Å². The zero-order valence-corrected chi connectivity index (χ0v) is 9.21. The average molecular weight is 193 g/mol. The zero-order valence-electron chi connectivity index (χ0n) is 9.21. The summed E-state index contributed by atoms with van der Waals surface area (Å²) in [7, 11) is 1.69. The molecular formula is C12H19NO. The Hall–Kier alpha value is -0.860. The third kappa shape index (κ3) is 2.82. The zero-order chi connectivity index (χ0) is 10.6. The van der Waals surface area contributed by atoms with Crippen LogP contribution in [0.3, 0.4) is 0 Å². The lowest BCUT2D eigenvalue weighted by atomic mass is 9.97. The topological polar surface area (TPSA) is 35.2 Å². The summed E-state index contributed by atoms with van der Waals surface area (Å²) in [5.41, 5.74) is 9.92. The van der Waals surface area contributed by atoms with Gasteiger partial charge in [0, 0.05) is 13.2 Å². The van der Waals surface area contributed by atoms with Crippen LogP contribution in [0.15, 0.2) is 18.2 Å². The van der Waals surface area contributed by atoms with Crippen molar-refractivity contribution in [1.82, 2.24) is 0 Å². The van der Waals surface area contributed by atoms with Crippen molar-refractivity contribution >= 4 is 0 Å². The maximum absolute atomic E-state index is 5.93. The summed E-state index contributed by atoms with van der Waals surface area (Å²) in [6.07, 6.45) is 0.895. The second kappa shape index (κ2) is 5.13. The summed E-state index contributed by atoms with van der Waals surface area (Å²) in [6, 6.07) is 6.43. The molecule has 2 heteroatoms. The fourth-order valence-corrected chi connectivity index (χ4v) is 1.71. The molecule has 78 valence electrons. The van der Waals surface area contributed by atoms with Gasteiger partial charge < -0.3 is 10.5 Å². The van der Waals surface area contributed by atoms with Gasteiger partial charge in [-0.1, -0.05) is 18.2 Å². The minimum atomic E-state index is 0.0970. The van der Waals surface area contributed by atoms with E-state index in [2.05, 4.69) is 32.0 Å². The number of methoxy groups -OCH3 is 1. The second-order valence-corrected chi connectivity index (χ2v) is 3.79. The first-order valence-electron chi connectivity index (χ1n) is 4.94. The van der Waals surface area contributed by atoms with Crippen molar-refractivity contribution in [3.63, 3.8) is 0 Å². The Morgan fingerprint density at radius 2 is 1.86 bits per heavy atom. The molecule has 0 bridgehead atoms. The Kier molecular flexibility index (Phi) is 4.11. The lowest BCUT2D eigenvalue weighted by Crippen LogP contribution is -2.28. The van der Waals surface area contributed by atoms with Gasteiger partial charge >= 0.3 is 0 Å². The van der Waals surface area contributed by atoms with Crippen molar-refractivity contribution in [2.24, 2.45) is 5.73 Å². The molecule has 0 spiro atoms. The van der Waals surface area contributed by atoms with Gasteiger partial charge in [0.15, 0.2) is 0 Å². The molecule has 1 unspecified atom stereocenters. The molecule has 0 aliphatic carbocycles. The molecule has 1 aromatic rings. The number of hydrogen-bond donors (Lipinski definition) is 1. The molecule has 1 atom stereocenters. The van der Waals surface area contributed by atoms with E-state index in [1.54, 1.807) is 7.11 Å². The summed E-state index contributed by atoms with van der Waals surface area (Å²) in [6.45, 7) is 4.87. The highest BCUT2D eigenvalue weighted by Gasteiger charge is 2.07. The van der Waals surface area contributed by atoms with Crippen LogP contribution in [0.25, 0.3) is 0 Å². The van der Waals surface area contributed by atoms with Gasteiger partial charge in [0.1, 0.15) is 0 Å². The summed E-state index contributed by atoms with van der Waals surface area (Å²) in [5.74, 6) is 0. The van der Waals surface area contributed by atoms with Crippen LogP contribution >= 0.6 is 0 Å². The van der Waals surface area contributed by atoms with Crippen LogP contribution in [0.4, 0.5) is 0 Å². The largest absolute Gasteiger partial charge is 0.383 e. The van der Waals surface area contributed by atoms with Crippen molar-refractivity contribution in [2.75, 3.05) is 13.7 Å². The fraction of sp³-hybridized carbons (Fsp3) is 0.500. The molecule has 0 aromatic heterocycles. The molecule has 1 rings (SSSR count). The first-order valence-corrected chi connectivity index (χ1v) is 4.94. The van der Waals surface area contributed by atoms with E-state index in [-0.39, 0.29) is 6.04 Å². The minimum Gasteiger partial charge on any atom is -0.383 e. The van der Waals surface area contributed by atoms with Gasteiger partial charge in [0.25, 0.3) is 0 Å². The van der Waals surface area contributed by atoms with Gasteiger partial charge in [-0.25, -0.2) is 0 Å². The van der Waals surface area contributed by atoms with Crippen LogP contribution in [0.1, 0.15) is 16.7 Å². The molecule has 14 heavy (non-hydrogen) atoms. The maximum atomic E-state index is 5.93. The number of hydrogen-bond acceptors (Lipinski definition) is 2. The third-order valence-corrected chi connectivity index (χ3v) is 2.49. The Morgan fingerprint density at radius 1 is 1.29 bits per heavy atom. The molecular weight excluding hydrogens is 174 g/mol. The van der Waals surface area contributed by atoms with Gasteiger partial charge in [-0.15, -0.1) is 0 Å². The quantitative estimate of drug-likeness (QED) is 0.791. The summed E-state index contributed by atoms with van der Waals surface area (Å²) in [5, 5.41) is 0. The smallest absolute Gasteiger partial charge is 0.0616 e. The van der Waals surface area contributed by atoms with Crippen LogP contribution in [0, 0.1) is 13.8 Å². The van der Waals surface area contributed by atoms with Crippen LogP contribution in [-0.4, -0.2) is 19.8 Å². The molecule has 0 heterocycles. The van der Waals surface area contributed by atoms with Crippen molar-refractivity contribution in [3.05, 3.63) is 34.9 Å². The van der Waals surface area contributed by atoms with Crippen molar-refractivity contribution in [1.29, 1.82) is 0 Å².